The third-order valence-corrected chi connectivity index (χ3v) is 5.90. The molecule has 2 N–H and O–H groups in total. The van der Waals surface area contributed by atoms with Gasteiger partial charge in [0.15, 0.2) is 6.61 Å². The van der Waals surface area contributed by atoms with E-state index < -0.39 is 24.1 Å². The zero-order valence-electron chi connectivity index (χ0n) is 18.8. The minimum absolute atomic E-state index is 0.00248. The van der Waals surface area contributed by atoms with Gasteiger partial charge in [-0.3, -0.25) is 4.79 Å². The number of esters is 2. The van der Waals surface area contributed by atoms with Crippen LogP contribution in [0, 0.1) is 11.8 Å². The number of aliphatic hydroxyl groups excluding tert-OH is 2. The summed E-state index contributed by atoms with van der Waals surface area (Å²) >= 11 is 0. The largest absolute Gasteiger partial charge is 0.495 e. The Balaban J connectivity index is 1.71. The molecule has 1 saturated carbocycles. The highest BCUT2D eigenvalue weighted by Crippen LogP contribution is 2.45. The molecule has 1 heterocycles. The zero-order chi connectivity index (χ0) is 22.6. The molecule has 176 valence electrons. The van der Waals surface area contributed by atoms with E-state index in [2.05, 4.69) is 6.92 Å². The van der Waals surface area contributed by atoms with Crippen LogP contribution in [-0.2, 0) is 23.8 Å². The van der Waals surface area contributed by atoms with Crippen molar-refractivity contribution in [2.45, 2.75) is 89.9 Å². The van der Waals surface area contributed by atoms with Gasteiger partial charge in [-0.25, -0.2) is 4.79 Å². The Bertz CT molecular complexity index is 627. The molecule has 2 aliphatic rings. The van der Waals surface area contributed by atoms with E-state index in [1.165, 1.54) is 0 Å². The molecule has 1 aliphatic heterocycles. The zero-order valence-corrected chi connectivity index (χ0v) is 18.8. The average molecular weight is 439 g/mol. The summed E-state index contributed by atoms with van der Waals surface area (Å²) in [6.45, 7) is 3.76. The highest BCUT2D eigenvalue weighted by molar-refractivity contribution is 5.76. The number of hydrogen-bond donors (Lipinski definition) is 2. The Kier molecular flexibility index (Phi) is 11.1. The Morgan fingerprint density at radius 2 is 2.00 bits per heavy atom. The summed E-state index contributed by atoms with van der Waals surface area (Å²) < 4.78 is 15.6. The lowest BCUT2D eigenvalue weighted by molar-refractivity contribution is -0.158. The van der Waals surface area contributed by atoms with Crippen LogP contribution in [-0.4, -0.2) is 53.7 Å². The summed E-state index contributed by atoms with van der Waals surface area (Å²) in [5, 5.41) is 20.5. The maximum Gasteiger partial charge on any atom is 0.344 e. The van der Waals surface area contributed by atoms with Gasteiger partial charge in [-0.2, -0.15) is 0 Å². The summed E-state index contributed by atoms with van der Waals surface area (Å²) in [5.74, 6) is 0.165. The van der Waals surface area contributed by atoms with Crippen molar-refractivity contribution < 1.29 is 34.0 Å². The van der Waals surface area contributed by atoms with Crippen LogP contribution >= 0.6 is 0 Å². The lowest BCUT2D eigenvalue weighted by atomic mass is 9.90. The second-order valence-corrected chi connectivity index (χ2v) is 8.38. The third kappa shape index (κ3) is 8.65. The fourth-order valence-corrected chi connectivity index (χ4v) is 4.26. The monoisotopic (exact) mass is 438 g/mol. The molecule has 1 saturated heterocycles. The smallest absolute Gasteiger partial charge is 0.344 e. The summed E-state index contributed by atoms with van der Waals surface area (Å²) in [6, 6.07) is 0. The van der Waals surface area contributed by atoms with Crippen molar-refractivity contribution in [1.82, 2.24) is 0 Å². The molecule has 2 fully saturated rings. The molecular formula is C24H38O7. The molecule has 7 nitrogen and oxygen atoms in total. The van der Waals surface area contributed by atoms with Crippen molar-refractivity contribution in [3.8, 4) is 0 Å². The van der Waals surface area contributed by atoms with Crippen LogP contribution in [0.1, 0.15) is 71.6 Å². The summed E-state index contributed by atoms with van der Waals surface area (Å²) in [4.78, 5) is 22.8. The normalized spacial score (nSPS) is 27.3. The van der Waals surface area contributed by atoms with Gasteiger partial charge in [0.1, 0.15) is 6.10 Å². The third-order valence-electron chi connectivity index (χ3n) is 5.90. The molecular weight excluding hydrogens is 400 g/mol. The van der Waals surface area contributed by atoms with Crippen LogP contribution in [0.25, 0.3) is 0 Å². The Hall–Kier alpha value is -1.86. The van der Waals surface area contributed by atoms with Crippen LogP contribution in [0.5, 0.6) is 0 Å². The van der Waals surface area contributed by atoms with Crippen molar-refractivity contribution in [2.24, 2.45) is 11.8 Å². The minimum atomic E-state index is -0.539. The van der Waals surface area contributed by atoms with E-state index in [0.29, 0.717) is 19.3 Å². The first-order valence-electron chi connectivity index (χ1n) is 11.7. The quantitative estimate of drug-likeness (QED) is 0.258. The van der Waals surface area contributed by atoms with E-state index >= 15 is 0 Å². The maximum atomic E-state index is 11.7. The molecule has 5 atom stereocenters. The summed E-state index contributed by atoms with van der Waals surface area (Å²) in [6.07, 6.45) is 11.8. The van der Waals surface area contributed by atoms with Crippen molar-refractivity contribution in [2.75, 3.05) is 13.2 Å². The number of ether oxygens (including phenoxy) is 3. The van der Waals surface area contributed by atoms with Gasteiger partial charge in [-0.1, -0.05) is 38.3 Å². The molecule has 0 radical (unpaired) electrons. The number of hydrogen-bond acceptors (Lipinski definition) is 7. The predicted octanol–water partition coefficient (Wildman–Crippen LogP) is 3.43. The molecule has 0 amide bonds. The average Bonchev–Trinajstić information content (AvgIpc) is 3.25. The molecule has 0 spiro atoms. The highest BCUT2D eigenvalue weighted by Gasteiger charge is 2.46. The number of fused-ring (bicyclic) bond motifs is 1. The molecule has 1 aliphatic carbocycles. The second kappa shape index (κ2) is 13.5. The molecule has 0 aromatic carbocycles. The fourth-order valence-electron chi connectivity index (χ4n) is 4.26. The first-order chi connectivity index (χ1) is 14.9. The van der Waals surface area contributed by atoms with Gasteiger partial charge in [-0.05, 0) is 32.3 Å². The van der Waals surface area contributed by atoms with Crippen LogP contribution in [0.2, 0.25) is 0 Å². The molecule has 0 unspecified atom stereocenters. The van der Waals surface area contributed by atoms with Crippen LogP contribution in [0.15, 0.2) is 24.0 Å². The van der Waals surface area contributed by atoms with Crippen molar-refractivity contribution in [3.63, 3.8) is 0 Å². The van der Waals surface area contributed by atoms with E-state index in [1.54, 1.807) is 6.92 Å². The van der Waals surface area contributed by atoms with Gasteiger partial charge in [0.2, 0.25) is 0 Å². The standard InChI is InChI=1S/C24H38O7/c1-3-5-6-9-17(25)12-13-19-20-14-18(31-22(20)15-21(19)26)10-7-8-11-23(27)30-16-24(28)29-4-2/h10,12-13,17,19-22,25-26H,3-9,11,14-16H2,1-2H3/b13-12+,18-10-/t17-,19+,20+,21+,22+/m0/s1. The van der Waals surface area contributed by atoms with Gasteiger partial charge in [0.05, 0.1) is 24.6 Å². The van der Waals surface area contributed by atoms with Crippen molar-refractivity contribution in [3.05, 3.63) is 24.0 Å². The van der Waals surface area contributed by atoms with Crippen molar-refractivity contribution >= 4 is 11.9 Å². The maximum absolute atomic E-state index is 11.7. The number of carbonyl (C=O) groups excluding carboxylic acids is 2. The molecule has 0 bridgehead atoms. The van der Waals surface area contributed by atoms with E-state index in [0.717, 1.165) is 37.9 Å². The Morgan fingerprint density at radius 1 is 1.19 bits per heavy atom. The van der Waals surface area contributed by atoms with Gasteiger partial charge < -0.3 is 24.4 Å². The van der Waals surface area contributed by atoms with Gasteiger partial charge >= 0.3 is 11.9 Å². The SMILES string of the molecule is CCCCC[C@H](O)/C=C/[C@@H]1[C@H]2C/C(=C/CCCC(=O)OCC(=O)OCC)O[C@@H]2C[C@H]1O. The number of unbranched alkanes of at least 4 members (excludes halogenated alkanes) is 3. The van der Waals surface area contributed by atoms with E-state index in [-0.39, 0.29) is 37.6 Å². The number of carbonyl (C=O) groups is 2. The second-order valence-electron chi connectivity index (χ2n) is 8.38. The summed E-state index contributed by atoms with van der Waals surface area (Å²) in [5.41, 5.74) is 0. The van der Waals surface area contributed by atoms with Crippen LogP contribution in [0.3, 0.4) is 0 Å². The first kappa shape index (κ1) is 25.4. The highest BCUT2D eigenvalue weighted by atomic mass is 16.6. The van der Waals surface area contributed by atoms with Gasteiger partial charge in [0.25, 0.3) is 0 Å². The van der Waals surface area contributed by atoms with E-state index in [9.17, 15) is 19.8 Å². The lowest BCUT2D eigenvalue weighted by Gasteiger charge is -2.16. The summed E-state index contributed by atoms with van der Waals surface area (Å²) in [7, 11) is 0. The molecule has 2 rings (SSSR count). The molecule has 0 aromatic rings. The molecule has 0 aromatic heterocycles. The lowest BCUT2D eigenvalue weighted by Crippen LogP contribution is -2.18. The topological polar surface area (TPSA) is 102 Å². The fraction of sp³-hybridized carbons (Fsp3) is 0.750. The van der Waals surface area contributed by atoms with Crippen molar-refractivity contribution in [1.29, 1.82) is 0 Å². The van der Waals surface area contributed by atoms with Crippen LogP contribution < -0.4 is 0 Å². The predicted molar refractivity (Wildman–Crippen MR) is 116 cm³/mol. The number of rotatable bonds is 13. The van der Waals surface area contributed by atoms with E-state index in [1.807, 2.05) is 18.2 Å². The number of aliphatic hydroxyl groups is 2. The molecule has 31 heavy (non-hydrogen) atoms. The molecule has 7 heteroatoms. The first-order valence-corrected chi connectivity index (χ1v) is 11.7. The van der Waals surface area contributed by atoms with Gasteiger partial charge in [-0.15, -0.1) is 0 Å². The Labute approximate surface area is 185 Å². The minimum Gasteiger partial charge on any atom is -0.495 e. The Morgan fingerprint density at radius 3 is 2.74 bits per heavy atom. The van der Waals surface area contributed by atoms with Crippen LogP contribution in [0.4, 0.5) is 0 Å². The number of allylic oxidation sites excluding steroid dienone is 2. The van der Waals surface area contributed by atoms with E-state index in [4.69, 9.17) is 14.2 Å². The van der Waals surface area contributed by atoms with Gasteiger partial charge in [0, 0.05) is 31.1 Å².